The van der Waals surface area contributed by atoms with Crippen molar-refractivity contribution >= 4 is 5.97 Å². The van der Waals surface area contributed by atoms with Gasteiger partial charge in [0, 0.05) is 25.8 Å². The molecule has 0 saturated carbocycles. The molecule has 0 unspecified atom stereocenters. The third kappa shape index (κ3) is 3.25. The summed E-state index contributed by atoms with van der Waals surface area (Å²) in [5, 5.41) is 0. The van der Waals surface area contributed by atoms with Gasteiger partial charge in [0.2, 0.25) is 0 Å². The number of ether oxygens (including phenoxy) is 2. The van der Waals surface area contributed by atoms with E-state index >= 15 is 0 Å². The van der Waals surface area contributed by atoms with Crippen molar-refractivity contribution in [1.82, 2.24) is 9.88 Å². The van der Waals surface area contributed by atoms with Crippen LogP contribution in [0.4, 0.5) is 0 Å². The second kappa shape index (κ2) is 5.75. The van der Waals surface area contributed by atoms with E-state index in [4.69, 9.17) is 4.74 Å². The van der Waals surface area contributed by atoms with E-state index in [0.717, 1.165) is 38.5 Å². The number of carbonyl (C=O) groups excluding carboxylic acids is 1. The zero-order valence-electron chi connectivity index (χ0n) is 9.89. The molecule has 1 aliphatic rings. The number of carbonyl (C=O) groups is 1. The first kappa shape index (κ1) is 12.0. The number of hydrogen-bond donors (Lipinski definition) is 0. The highest BCUT2D eigenvalue weighted by molar-refractivity contribution is 5.89. The Labute approximate surface area is 100 Å². The number of rotatable bonds is 3. The summed E-state index contributed by atoms with van der Waals surface area (Å²) in [4.78, 5) is 17.9. The van der Waals surface area contributed by atoms with Gasteiger partial charge < -0.3 is 9.47 Å². The third-order valence-corrected chi connectivity index (χ3v) is 2.73. The first-order chi connectivity index (χ1) is 8.29. The Balaban J connectivity index is 2.02. The van der Waals surface area contributed by atoms with Crippen molar-refractivity contribution < 1.29 is 14.3 Å². The van der Waals surface area contributed by atoms with E-state index in [1.807, 2.05) is 0 Å². The van der Waals surface area contributed by atoms with Crippen LogP contribution >= 0.6 is 0 Å². The molecule has 1 saturated heterocycles. The lowest BCUT2D eigenvalue weighted by molar-refractivity contribution is 0.0336. The summed E-state index contributed by atoms with van der Waals surface area (Å²) in [7, 11) is 1.38. The van der Waals surface area contributed by atoms with Crippen LogP contribution in [0.5, 0.6) is 0 Å². The van der Waals surface area contributed by atoms with Crippen molar-refractivity contribution in [3.63, 3.8) is 0 Å². The molecule has 2 heterocycles. The first-order valence-corrected chi connectivity index (χ1v) is 5.63. The Kier molecular flexibility index (Phi) is 4.06. The molecule has 0 bridgehead atoms. The quantitative estimate of drug-likeness (QED) is 0.723. The fourth-order valence-electron chi connectivity index (χ4n) is 1.80. The maximum absolute atomic E-state index is 11.4. The van der Waals surface area contributed by atoms with Crippen molar-refractivity contribution in [3.05, 3.63) is 29.6 Å². The number of pyridine rings is 1. The zero-order chi connectivity index (χ0) is 12.1. The fraction of sp³-hybridized carbons (Fsp3) is 0.500. The normalized spacial score (nSPS) is 16.8. The Hall–Kier alpha value is -1.46. The van der Waals surface area contributed by atoms with Gasteiger partial charge in [-0.05, 0) is 12.1 Å². The molecular weight excluding hydrogens is 220 g/mol. The summed E-state index contributed by atoms with van der Waals surface area (Å²) < 4.78 is 9.96. The van der Waals surface area contributed by atoms with Crippen molar-refractivity contribution in [2.45, 2.75) is 6.54 Å². The summed E-state index contributed by atoms with van der Waals surface area (Å²) in [6.45, 7) is 4.08. The number of esters is 1. The van der Waals surface area contributed by atoms with Crippen LogP contribution in [0.25, 0.3) is 0 Å². The molecule has 0 atom stereocenters. The highest BCUT2D eigenvalue weighted by Crippen LogP contribution is 2.08. The summed E-state index contributed by atoms with van der Waals surface area (Å²) in [5.41, 5.74) is 1.43. The molecule has 1 aliphatic heterocycles. The summed E-state index contributed by atoms with van der Waals surface area (Å²) in [5.74, 6) is -0.323. The molecule has 5 heteroatoms. The van der Waals surface area contributed by atoms with E-state index in [2.05, 4.69) is 14.6 Å². The van der Waals surface area contributed by atoms with Crippen molar-refractivity contribution in [2.24, 2.45) is 0 Å². The Morgan fingerprint density at radius 3 is 3.00 bits per heavy atom. The predicted octanol–water partition coefficient (Wildman–Crippen LogP) is 0.700. The molecule has 2 rings (SSSR count). The number of methoxy groups -OCH3 is 1. The van der Waals surface area contributed by atoms with Crippen LogP contribution in [0.3, 0.4) is 0 Å². The van der Waals surface area contributed by atoms with Gasteiger partial charge in [-0.2, -0.15) is 0 Å². The Morgan fingerprint density at radius 1 is 1.53 bits per heavy atom. The minimum absolute atomic E-state index is 0.323. The minimum atomic E-state index is -0.323. The monoisotopic (exact) mass is 236 g/mol. The van der Waals surface area contributed by atoms with Gasteiger partial charge in [-0.3, -0.25) is 9.88 Å². The zero-order valence-corrected chi connectivity index (χ0v) is 9.89. The van der Waals surface area contributed by atoms with Gasteiger partial charge in [0.15, 0.2) is 0 Å². The fourth-order valence-corrected chi connectivity index (χ4v) is 1.80. The minimum Gasteiger partial charge on any atom is -0.465 e. The van der Waals surface area contributed by atoms with Gasteiger partial charge in [0.1, 0.15) is 0 Å². The number of nitrogens with zero attached hydrogens (tertiary/aromatic N) is 2. The standard InChI is InChI=1S/C12H16N2O3/c1-16-12(15)10-2-3-13-11(8-10)9-14-4-6-17-7-5-14/h2-3,8H,4-7,9H2,1H3. The highest BCUT2D eigenvalue weighted by Gasteiger charge is 2.12. The van der Waals surface area contributed by atoms with Crippen LogP contribution in [0.2, 0.25) is 0 Å². The van der Waals surface area contributed by atoms with Crippen molar-refractivity contribution in [1.29, 1.82) is 0 Å². The van der Waals surface area contributed by atoms with E-state index in [0.29, 0.717) is 5.56 Å². The van der Waals surface area contributed by atoms with E-state index in [1.54, 1.807) is 18.3 Å². The largest absolute Gasteiger partial charge is 0.465 e. The maximum atomic E-state index is 11.4. The van der Waals surface area contributed by atoms with E-state index < -0.39 is 0 Å². The van der Waals surface area contributed by atoms with E-state index in [9.17, 15) is 4.79 Å². The molecule has 0 radical (unpaired) electrons. The van der Waals surface area contributed by atoms with Crippen LogP contribution in [-0.2, 0) is 16.0 Å². The second-order valence-electron chi connectivity index (χ2n) is 3.92. The molecule has 0 aliphatic carbocycles. The number of morpholine rings is 1. The van der Waals surface area contributed by atoms with Gasteiger partial charge in [-0.15, -0.1) is 0 Å². The second-order valence-corrected chi connectivity index (χ2v) is 3.92. The van der Waals surface area contributed by atoms with Crippen molar-refractivity contribution in [2.75, 3.05) is 33.4 Å². The van der Waals surface area contributed by atoms with Crippen LogP contribution in [0, 0.1) is 0 Å². The molecule has 1 fully saturated rings. The van der Waals surface area contributed by atoms with Gasteiger partial charge >= 0.3 is 5.97 Å². The van der Waals surface area contributed by atoms with Crippen molar-refractivity contribution in [3.8, 4) is 0 Å². The predicted molar refractivity (Wildman–Crippen MR) is 61.7 cm³/mol. The highest BCUT2D eigenvalue weighted by atomic mass is 16.5. The lowest BCUT2D eigenvalue weighted by Gasteiger charge is -2.26. The Morgan fingerprint density at radius 2 is 2.29 bits per heavy atom. The SMILES string of the molecule is COC(=O)c1ccnc(CN2CCOCC2)c1. The van der Waals surface area contributed by atoms with Gasteiger partial charge in [0.25, 0.3) is 0 Å². The van der Waals surface area contributed by atoms with E-state index in [1.165, 1.54) is 7.11 Å². The molecule has 17 heavy (non-hydrogen) atoms. The van der Waals surface area contributed by atoms with Gasteiger partial charge in [0.05, 0.1) is 31.6 Å². The average Bonchev–Trinajstić information content (AvgIpc) is 2.39. The smallest absolute Gasteiger partial charge is 0.337 e. The van der Waals surface area contributed by atoms with Crippen LogP contribution in [0.15, 0.2) is 18.3 Å². The molecule has 0 amide bonds. The third-order valence-electron chi connectivity index (χ3n) is 2.73. The van der Waals surface area contributed by atoms with Gasteiger partial charge in [-0.25, -0.2) is 4.79 Å². The lowest BCUT2D eigenvalue weighted by atomic mass is 10.2. The number of aromatic nitrogens is 1. The summed E-state index contributed by atoms with van der Waals surface area (Å²) >= 11 is 0. The maximum Gasteiger partial charge on any atom is 0.337 e. The van der Waals surface area contributed by atoms with Crippen LogP contribution < -0.4 is 0 Å². The molecule has 92 valence electrons. The Bertz CT molecular complexity index is 389. The molecule has 5 nitrogen and oxygen atoms in total. The molecular formula is C12H16N2O3. The van der Waals surface area contributed by atoms with Crippen LogP contribution in [-0.4, -0.2) is 49.3 Å². The summed E-state index contributed by atoms with van der Waals surface area (Å²) in [6.07, 6.45) is 1.64. The summed E-state index contributed by atoms with van der Waals surface area (Å²) in [6, 6.07) is 3.44. The number of hydrogen-bond acceptors (Lipinski definition) is 5. The molecule has 1 aromatic rings. The van der Waals surface area contributed by atoms with E-state index in [-0.39, 0.29) is 5.97 Å². The topological polar surface area (TPSA) is 51.7 Å². The first-order valence-electron chi connectivity index (χ1n) is 5.63. The molecule has 0 aromatic carbocycles. The average molecular weight is 236 g/mol. The van der Waals surface area contributed by atoms with Crippen LogP contribution in [0.1, 0.15) is 16.1 Å². The lowest BCUT2D eigenvalue weighted by Crippen LogP contribution is -2.35. The molecule has 0 N–H and O–H groups in total. The molecule has 1 aromatic heterocycles. The molecule has 0 spiro atoms. The van der Waals surface area contributed by atoms with Gasteiger partial charge in [-0.1, -0.05) is 0 Å².